The Morgan fingerprint density at radius 2 is 2.24 bits per heavy atom. The number of anilines is 1. The summed E-state index contributed by atoms with van der Waals surface area (Å²) in [7, 11) is 1.75. The van der Waals surface area contributed by atoms with E-state index in [9.17, 15) is 0 Å². The number of rotatable bonds is 6. The molecule has 0 aromatic carbocycles. The predicted molar refractivity (Wildman–Crippen MR) is 68.4 cm³/mol. The van der Waals surface area contributed by atoms with Gasteiger partial charge in [-0.3, -0.25) is 0 Å². The number of aromatic nitrogens is 2. The molecule has 0 bridgehead atoms. The molecule has 0 radical (unpaired) electrons. The molecule has 0 saturated heterocycles. The minimum Gasteiger partial charge on any atom is -0.385 e. The van der Waals surface area contributed by atoms with Crippen LogP contribution in [0.15, 0.2) is 6.07 Å². The van der Waals surface area contributed by atoms with Crippen LogP contribution in [0.2, 0.25) is 5.28 Å². The van der Waals surface area contributed by atoms with Gasteiger partial charge in [0.25, 0.3) is 0 Å². The molecule has 1 aromatic heterocycles. The number of hydrogen-bond acceptors (Lipinski definition) is 4. The van der Waals surface area contributed by atoms with Crippen molar-refractivity contribution < 1.29 is 4.74 Å². The van der Waals surface area contributed by atoms with Crippen LogP contribution in [0.25, 0.3) is 0 Å². The SMILES string of the molecule is COCCC1(CNc2cc(C)nc(Cl)n2)CC1. The Morgan fingerprint density at radius 1 is 1.47 bits per heavy atom. The Morgan fingerprint density at radius 3 is 2.82 bits per heavy atom. The molecule has 0 unspecified atom stereocenters. The summed E-state index contributed by atoms with van der Waals surface area (Å²) < 4.78 is 5.13. The Labute approximate surface area is 107 Å². The zero-order chi connectivity index (χ0) is 12.3. The number of halogens is 1. The lowest BCUT2D eigenvalue weighted by Gasteiger charge is -2.16. The maximum Gasteiger partial charge on any atom is 0.224 e. The average molecular weight is 256 g/mol. The fourth-order valence-electron chi connectivity index (χ4n) is 1.91. The molecule has 1 aliphatic carbocycles. The summed E-state index contributed by atoms with van der Waals surface area (Å²) in [5.74, 6) is 0.811. The highest BCUT2D eigenvalue weighted by Gasteiger charge is 2.41. The number of hydrogen-bond donors (Lipinski definition) is 1. The third-order valence-corrected chi connectivity index (χ3v) is 3.43. The van der Waals surface area contributed by atoms with E-state index in [0.29, 0.717) is 10.7 Å². The van der Waals surface area contributed by atoms with Crippen LogP contribution >= 0.6 is 11.6 Å². The third-order valence-electron chi connectivity index (χ3n) is 3.27. The molecule has 1 aromatic rings. The molecule has 1 N–H and O–H groups in total. The van der Waals surface area contributed by atoms with Crippen molar-refractivity contribution in [1.29, 1.82) is 0 Å². The Hall–Kier alpha value is -0.870. The molecule has 1 fully saturated rings. The molecule has 0 spiro atoms. The third kappa shape index (κ3) is 3.54. The van der Waals surface area contributed by atoms with Gasteiger partial charge in [-0.05, 0) is 43.2 Å². The van der Waals surface area contributed by atoms with Gasteiger partial charge in [-0.15, -0.1) is 0 Å². The minimum absolute atomic E-state index is 0.300. The van der Waals surface area contributed by atoms with Crippen molar-refractivity contribution in [3.8, 4) is 0 Å². The quantitative estimate of drug-likeness (QED) is 0.794. The van der Waals surface area contributed by atoms with Crippen LogP contribution < -0.4 is 5.32 Å². The Kier molecular flexibility index (Phi) is 3.84. The topological polar surface area (TPSA) is 47.0 Å². The standard InChI is InChI=1S/C12H18ClN3O/c1-9-7-10(16-11(13)15-9)14-8-12(3-4-12)5-6-17-2/h7H,3-6,8H2,1-2H3,(H,14,15,16). The van der Waals surface area contributed by atoms with Gasteiger partial charge in [-0.2, -0.15) is 0 Å². The smallest absolute Gasteiger partial charge is 0.224 e. The second kappa shape index (κ2) is 5.19. The summed E-state index contributed by atoms with van der Waals surface area (Å²) in [6, 6.07) is 1.91. The zero-order valence-electron chi connectivity index (χ0n) is 10.3. The number of nitrogens with zero attached hydrogens (tertiary/aromatic N) is 2. The first-order valence-corrected chi connectivity index (χ1v) is 6.25. The van der Waals surface area contributed by atoms with Crippen molar-refractivity contribution in [3.05, 3.63) is 17.0 Å². The van der Waals surface area contributed by atoms with E-state index in [4.69, 9.17) is 16.3 Å². The maximum atomic E-state index is 5.82. The van der Waals surface area contributed by atoms with Gasteiger partial charge in [0, 0.05) is 32.0 Å². The van der Waals surface area contributed by atoms with Gasteiger partial charge in [0.1, 0.15) is 5.82 Å². The van der Waals surface area contributed by atoms with Crippen LogP contribution in [0, 0.1) is 12.3 Å². The van der Waals surface area contributed by atoms with Gasteiger partial charge < -0.3 is 10.1 Å². The van der Waals surface area contributed by atoms with Crippen molar-refractivity contribution >= 4 is 17.4 Å². The van der Waals surface area contributed by atoms with E-state index < -0.39 is 0 Å². The number of aryl methyl sites for hydroxylation is 1. The highest BCUT2D eigenvalue weighted by Crippen LogP contribution is 2.48. The second-order valence-electron chi connectivity index (χ2n) is 4.76. The van der Waals surface area contributed by atoms with E-state index in [-0.39, 0.29) is 0 Å². The van der Waals surface area contributed by atoms with Crippen LogP contribution in [0.3, 0.4) is 0 Å². The molecule has 5 heteroatoms. The molecule has 2 rings (SSSR count). The van der Waals surface area contributed by atoms with E-state index in [1.54, 1.807) is 7.11 Å². The van der Waals surface area contributed by atoms with E-state index in [2.05, 4.69) is 15.3 Å². The molecule has 4 nitrogen and oxygen atoms in total. The first-order chi connectivity index (χ1) is 8.13. The highest BCUT2D eigenvalue weighted by atomic mass is 35.5. The minimum atomic E-state index is 0.300. The zero-order valence-corrected chi connectivity index (χ0v) is 11.0. The number of nitrogens with one attached hydrogen (secondary N) is 1. The lowest BCUT2D eigenvalue weighted by Crippen LogP contribution is -2.18. The molecular formula is C12H18ClN3O. The predicted octanol–water partition coefficient (Wildman–Crippen LogP) is 2.67. The van der Waals surface area contributed by atoms with Gasteiger partial charge in [-0.25, -0.2) is 9.97 Å². The van der Waals surface area contributed by atoms with E-state index >= 15 is 0 Å². The monoisotopic (exact) mass is 255 g/mol. The van der Waals surface area contributed by atoms with Crippen molar-refractivity contribution in [1.82, 2.24) is 9.97 Å². The molecule has 0 aliphatic heterocycles. The van der Waals surface area contributed by atoms with Crippen molar-refractivity contribution in [2.45, 2.75) is 26.2 Å². The van der Waals surface area contributed by atoms with Gasteiger partial charge in [0.15, 0.2) is 0 Å². The van der Waals surface area contributed by atoms with Gasteiger partial charge >= 0.3 is 0 Å². The van der Waals surface area contributed by atoms with Gasteiger partial charge in [0.05, 0.1) is 0 Å². The lowest BCUT2D eigenvalue weighted by atomic mass is 10.0. The summed E-state index contributed by atoms with van der Waals surface area (Å²) in [6.07, 6.45) is 3.64. The lowest BCUT2D eigenvalue weighted by molar-refractivity contribution is 0.175. The summed E-state index contributed by atoms with van der Waals surface area (Å²) in [4.78, 5) is 8.20. The fourth-order valence-corrected chi connectivity index (χ4v) is 2.14. The molecule has 0 amide bonds. The summed E-state index contributed by atoms with van der Waals surface area (Å²) >= 11 is 5.82. The Bertz CT molecular complexity index is 373. The van der Waals surface area contributed by atoms with Crippen LogP contribution in [-0.4, -0.2) is 30.2 Å². The van der Waals surface area contributed by atoms with Crippen LogP contribution in [0.4, 0.5) is 5.82 Å². The number of ether oxygens (including phenoxy) is 1. The molecular weight excluding hydrogens is 238 g/mol. The molecule has 1 saturated carbocycles. The largest absolute Gasteiger partial charge is 0.385 e. The molecule has 94 valence electrons. The highest BCUT2D eigenvalue weighted by molar-refractivity contribution is 6.28. The molecule has 0 atom stereocenters. The summed E-state index contributed by atoms with van der Waals surface area (Å²) in [5, 5.41) is 3.65. The van der Waals surface area contributed by atoms with Crippen molar-refractivity contribution in [3.63, 3.8) is 0 Å². The Balaban J connectivity index is 1.89. The summed E-state index contributed by atoms with van der Waals surface area (Å²) in [5.41, 5.74) is 1.29. The van der Waals surface area contributed by atoms with Crippen LogP contribution in [-0.2, 0) is 4.74 Å². The molecule has 1 heterocycles. The average Bonchev–Trinajstić information content (AvgIpc) is 3.03. The van der Waals surface area contributed by atoms with E-state index in [0.717, 1.165) is 31.1 Å². The maximum absolute atomic E-state index is 5.82. The molecule has 1 aliphatic rings. The fraction of sp³-hybridized carbons (Fsp3) is 0.667. The second-order valence-corrected chi connectivity index (χ2v) is 5.10. The van der Waals surface area contributed by atoms with Crippen molar-refractivity contribution in [2.24, 2.45) is 5.41 Å². The van der Waals surface area contributed by atoms with Gasteiger partial charge in [-0.1, -0.05) is 0 Å². The summed E-state index contributed by atoms with van der Waals surface area (Å²) in [6.45, 7) is 3.67. The first-order valence-electron chi connectivity index (χ1n) is 5.88. The van der Waals surface area contributed by atoms with Crippen LogP contribution in [0.1, 0.15) is 25.0 Å². The van der Waals surface area contributed by atoms with E-state index in [1.165, 1.54) is 12.8 Å². The van der Waals surface area contributed by atoms with Gasteiger partial charge in [0.2, 0.25) is 5.28 Å². The van der Waals surface area contributed by atoms with Crippen LogP contribution in [0.5, 0.6) is 0 Å². The first kappa shape index (κ1) is 12.6. The molecule has 17 heavy (non-hydrogen) atoms. The number of methoxy groups -OCH3 is 1. The normalized spacial score (nSPS) is 16.9. The van der Waals surface area contributed by atoms with E-state index in [1.807, 2.05) is 13.0 Å². The van der Waals surface area contributed by atoms with Crippen molar-refractivity contribution in [2.75, 3.05) is 25.6 Å².